The Bertz CT molecular complexity index is 270. The molecule has 84 valence electrons. The predicted octanol–water partition coefficient (Wildman–Crippen LogP) is 2.16. The lowest BCUT2D eigenvalue weighted by atomic mass is 10.2. The van der Waals surface area contributed by atoms with Crippen LogP contribution in [0.2, 0.25) is 0 Å². The fourth-order valence-electron chi connectivity index (χ4n) is 1.70. The first-order valence-electron chi connectivity index (χ1n) is 5.40. The molecule has 0 bridgehead atoms. The van der Waals surface area contributed by atoms with Gasteiger partial charge in [-0.1, -0.05) is 13.0 Å². The van der Waals surface area contributed by atoms with Crippen molar-refractivity contribution >= 4 is 11.3 Å². The van der Waals surface area contributed by atoms with Crippen LogP contribution in [0.15, 0.2) is 17.5 Å². The molecule has 0 aliphatic carbocycles. The van der Waals surface area contributed by atoms with Gasteiger partial charge in [0.25, 0.3) is 0 Å². The highest BCUT2D eigenvalue weighted by Crippen LogP contribution is 2.21. The lowest BCUT2D eigenvalue weighted by Gasteiger charge is -2.17. The van der Waals surface area contributed by atoms with Crippen molar-refractivity contribution in [3.63, 3.8) is 0 Å². The number of ether oxygens (including phenoxy) is 2. The second kappa shape index (κ2) is 5.61. The summed E-state index contributed by atoms with van der Waals surface area (Å²) in [6.07, 6.45) is 1.03. The summed E-state index contributed by atoms with van der Waals surface area (Å²) in [5.74, 6) is 0. The van der Waals surface area contributed by atoms with E-state index < -0.39 is 0 Å². The zero-order valence-electron chi connectivity index (χ0n) is 8.94. The molecule has 0 aromatic carbocycles. The van der Waals surface area contributed by atoms with Gasteiger partial charge in [-0.25, -0.2) is 0 Å². The molecule has 0 unspecified atom stereocenters. The van der Waals surface area contributed by atoms with E-state index in [0.29, 0.717) is 6.04 Å². The number of nitrogens with one attached hydrogen (secondary N) is 1. The molecule has 15 heavy (non-hydrogen) atoms. The van der Waals surface area contributed by atoms with E-state index in [0.717, 1.165) is 26.2 Å². The Labute approximate surface area is 94.4 Å². The Morgan fingerprint density at radius 1 is 1.53 bits per heavy atom. The number of hydrogen-bond acceptors (Lipinski definition) is 4. The lowest BCUT2D eigenvalue weighted by Crippen LogP contribution is -2.30. The van der Waals surface area contributed by atoms with Gasteiger partial charge in [0, 0.05) is 17.5 Å². The molecule has 0 saturated carbocycles. The van der Waals surface area contributed by atoms with Crippen molar-refractivity contribution in [1.82, 2.24) is 5.32 Å². The maximum absolute atomic E-state index is 5.38. The van der Waals surface area contributed by atoms with Gasteiger partial charge in [-0.2, -0.15) is 0 Å². The molecule has 3 nitrogen and oxygen atoms in total. The van der Waals surface area contributed by atoms with Crippen molar-refractivity contribution in [3.05, 3.63) is 22.4 Å². The van der Waals surface area contributed by atoms with Crippen LogP contribution in [0, 0.1) is 0 Å². The highest BCUT2D eigenvalue weighted by Gasteiger charge is 2.18. The Morgan fingerprint density at radius 2 is 2.33 bits per heavy atom. The van der Waals surface area contributed by atoms with Crippen LogP contribution in [0.1, 0.15) is 24.3 Å². The number of hydrogen-bond donors (Lipinski definition) is 1. The molecule has 1 aromatic rings. The van der Waals surface area contributed by atoms with Crippen LogP contribution in [0.25, 0.3) is 0 Å². The van der Waals surface area contributed by atoms with Crippen molar-refractivity contribution < 1.29 is 9.47 Å². The van der Waals surface area contributed by atoms with Crippen LogP contribution in [0.3, 0.4) is 0 Å². The summed E-state index contributed by atoms with van der Waals surface area (Å²) in [7, 11) is 0. The quantitative estimate of drug-likeness (QED) is 0.836. The van der Waals surface area contributed by atoms with Crippen LogP contribution in [0.5, 0.6) is 0 Å². The second-order valence-corrected chi connectivity index (χ2v) is 4.53. The molecule has 0 radical (unpaired) electrons. The molecule has 1 atom stereocenters. The molecule has 2 rings (SSSR count). The van der Waals surface area contributed by atoms with Crippen molar-refractivity contribution in [2.75, 3.05) is 19.8 Å². The molecule has 1 aliphatic heterocycles. The van der Waals surface area contributed by atoms with Gasteiger partial charge in [0.1, 0.15) is 0 Å². The third kappa shape index (κ3) is 3.01. The largest absolute Gasteiger partial charge is 0.349 e. The molecular weight excluding hydrogens is 210 g/mol. The van der Waals surface area contributed by atoms with E-state index in [9.17, 15) is 0 Å². The molecular formula is C11H17NO2S. The molecule has 1 aromatic heterocycles. The molecule has 2 heterocycles. The van der Waals surface area contributed by atoms with Crippen LogP contribution >= 0.6 is 11.3 Å². The second-order valence-electron chi connectivity index (χ2n) is 3.56. The highest BCUT2D eigenvalue weighted by atomic mass is 32.1. The van der Waals surface area contributed by atoms with E-state index in [4.69, 9.17) is 9.47 Å². The molecule has 4 heteroatoms. The highest BCUT2D eigenvalue weighted by molar-refractivity contribution is 7.10. The fraction of sp³-hybridized carbons (Fsp3) is 0.636. The van der Waals surface area contributed by atoms with Crippen LogP contribution in [-0.2, 0) is 9.47 Å². The standard InChI is InChI=1S/C11H17NO2S/c1-2-9(10-4-3-7-15-10)12-8-11-13-5-6-14-11/h3-4,7,9,11-12H,2,5-6,8H2,1H3/t9-/m1/s1. The number of thiophene rings is 1. The summed E-state index contributed by atoms with van der Waals surface area (Å²) in [4.78, 5) is 1.38. The molecule has 1 aliphatic rings. The van der Waals surface area contributed by atoms with Crippen molar-refractivity contribution in [3.8, 4) is 0 Å². The van der Waals surface area contributed by atoms with Gasteiger partial charge in [-0.05, 0) is 17.9 Å². The minimum absolute atomic E-state index is 0.0565. The zero-order chi connectivity index (χ0) is 10.5. The predicted molar refractivity (Wildman–Crippen MR) is 61.0 cm³/mol. The summed E-state index contributed by atoms with van der Waals surface area (Å²) in [5.41, 5.74) is 0. The lowest BCUT2D eigenvalue weighted by molar-refractivity contribution is -0.0406. The normalized spacial score (nSPS) is 19.5. The minimum Gasteiger partial charge on any atom is -0.349 e. The van der Waals surface area contributed by atoms with E-state index >= 15 is 0 Å². The number of rotatable bonds is 5. The summed E-state index contributed by atoms with van der Waals surface area (Å²) >= 11 is 1.79. The van der Waals surface area contributed by atoms with Gasteiger partial charge in [0.2, 0.25) is 0 Å². The summed E-state index contributed by atoms with van der Waals surface area (Å²) < 4.78 is 10.8. The maximum atomic E-state index is 5.38. The third-order valence-electron chi connectivity index (χ3n) is 2.52. The summed E-state index contributed by atoms with van der Waals surface area (Å²) in [6, 6.07) is 4.69. The Kier molecular flexibility index (Phi) is 4.14. The van der Waals surface area contributed by atoms with Gasteiger partial charge in [-0.15, -0.1) is 11.3 Å². The topological polar surface area (TPSA) is 30.5 Å². The van der Waals surface area contributed by atoms with Crippen LogP contribution in [-0.4, -0.2) is 26.0 Å². The zero-order valence-corrected chi connectivity index (χ0v) is 9.76. The first kappa shape index (κ1) is 11.1. The first-order chi connectivity index (χ1) is 7.40. The van der Waals surface area contributed by atoms with Gasteiger partial charge >= 0.3 is 0 Å². The van der Waals surface area contributed by atoms with Gasteiger partial charge in [0.15, 0.2) is 6.29 Å². The Morgan fingerprint density at radius 3 is 2.93 bits per heavy atom. The first-order valence-corrected chi connectivity index (χ1v) is 6.28. The van der Waals surface area contributed by atoms with Gasteiger partial charge in [0.05, 0.1) is 13.2 Å². The minimum atomic E-state index is -0.0565. The van der Waals surface area contributed by atoms with Crippen molar-refractivity contribution in [1.29, 1.82) is 0 Å². The van der Waals surface area contributed by atoms with E-state index in [1.807, 2.05) is 0 Å². The Balaban J connectivity index is 1.80. The summed E-state index contributed by atoms with van der Waals surface area (Å²) in [5, 5.41) is 5.59. The van der Waals surface area contributed by atoms with Crippen LogP contribution in [0.4, 0.5) is 0 Å². The molecule has 0 amide bonds. The Hall–Kier alpha value is -0.420. The third-order valence-corrected chi connectivity index (χ3v) is 3.50. The molecule has 1 fully saturated rings. The van der Waals surface area contributed by atoms with E-state index in [2.05, 4.69) is 29.8 Å². The molecule has 1 N–H and O–H groups in total. The maximum Gasteiger partial charge on any atom is 0.170 e. The smallest absolute Gasteiger partial charge is 0.170 e. The van der Waals surface area contributed by atoms with Crippen molar-refractivity contribution in [2.24, 2.45) is 0 Å². The SMILES string of the molecule is CC[C@@H](NCC1OCCO1)c1cccs1. The van der Waals surface area contributed by atoms with E-state index in [-0.39, 0.29) is 6.29 Å². The van der Waals surface area contributed by atoms with Gasteiger partial charge in [-0.3, -0.25) is 0 Å². The average molecular weight is 227 g/mol. The fourth-order valence-corrected chi connectivity index (χ4v) is 2.58. The van der Waals surface area contributed by atoms with Crippen molar-refractivity contribution in [2.45, 2.75) is 25.7 Å². The van der Waals surface area contributed by atoms with Gasteiger partial charge < -0.3 is 14.8 Å². The van der Waals surface area contributed by atoms with E-state index in [1.165, 1.54) is 4.88 Å². The average Bonchev–Trinajstić information content (AvgIpc) is 2.90. The molecule has 1 saturated heterocycles. The van der Waals surface area contributed by atoms with Crippen LogP contribution < -0.4 is 5.32 Å². The monoisotopic (exact) mass is 227 g/mol. The molecule has 0 spiro atoms. The summed E-state index contributed by atoms with van der Waals surface area (Å²) in [6.45, 7) is 4.41. The van der Waals surface area contributed by atoms with E-state index in [1.54, 1.807) is 11.3 Å².